The van der Waals surface area contributed by atoms with Crippen LogP contribution < -0.4 is 0 Å². The quantitative estimate of drug-likeness (QED) is 0.551. The summed E-state index contributed by atoms with van der Waals surface area (Å²) in [5, 5.41) is 0. The Bertz CT molecular complexity index is 536. The minimum absolute atomic E-state index is 0.307. The molecule has 0 aliphatic heterocycles. The van der Waals surface area contributed by atoms with Crippen LogP contribution in [0, 0.1) is 0 Å². The largest absolute Gasteiger partial charge is 0.235 e. The molecule has 0 bridgehead atoms. The second-order valence-corrected chi connectivity index (χ2v) is 7.01. The van der Waals surface area contributed by atoms with Crippen LogP contribution >= 0.6 is 15.9 Å². The Morgan fingerprint density at radius 3 is 2.45 bits per heavy atom. The summed E-state index contributed by atoms with van der Waals surface area (Å²) in [7, 11) is 0. The van der Waals surface area contributed by atoms with Crippen LogP contribution in [0.1, 0.15) is 68.4 Å². The van der Waals surface area contributed by atoms with E-state index in [1.807, 2.05) is 0 Å². The van der Waals surface area contributed by atoms with Gasteiger partial charge >= 0.3 is 0 Å². The fraction of sp³-hybridized carbons (Fsp3) is 0.588. The van der Waals surface area contributed by atoms with E-state index in [4.69, 9.17) is 0 Å². The molecule has 2 aliphatic rings. The standard InChI is InChI=1S/C17H20BrNO/c18-16-11-14(17(19-12-20)9-3-4-10-17)7-8-15(16)13-5-1-2-6-13/h7-8,11,13H,1-6,9-10H2. The average molecular weight is 334 g/mol. The first kappa shape index (κ1) is 14.0. The van der Waals surface area contributed by atoms with Gasteiger partial charge in [-0.25, -0.2) is 4.79 Å². The van der Waals surface area contributed by atoms with Crippen molar-refractivity contribution in [2.75, 3.05) is 0 Å². The van der Waals surface area contributed by atoms with Crippen molar-refractivity contribution in [3.63, 3.8) is 0 Å². The van der Waals surface area contributed by atoms with Crippen molar-refractivity contribution in [2.24, 2.45) is 4.99 Å². The maximum Gasteiger partial charge on any atom is 0.235 e. The van der Waals surface area contributed by atoms with Crippen molar-refractivity contribution in [2.45, 2.75) is 62.8 Å². The van der Waals surface area contributed by atoms with E-state index in [9.17, 15) is 4.79 Å². The van der Waals surface area contributed by atoms with Gasteiger partial charge in [-0.2, -0.15) is 4.99 Å². The summed E-state index contributed by atoms with van der Waals surface area (Å²) in [6.07, 6.45) is 11.3. The lowest BCUT2D eigenvalue weighted by molar-refractivity contribution is 0.455. The Labute approximate surface area is 128 Å². The van der Waals surface area contributed by atoms with Crippen molar-refractivity contribution >= 4 is 22.0 Å². The van der Waals surface area contributed by atoms with Gasteiger partial charge in [-0.05, 0) is 48.8 Å². The first-order valence-corrected chi connectivity index (χ1v) is 8.43. The normalized spacial score (nSPS) is 21.9. The lowest BCUT2D eigenvalue weighted by Gasteiger charge is -2.24. The van der Waals surface area contributed by atoms with Crippen molar-refractivity contribution in [3.05, 3.63) is 33.8 Å². The molecule has 20 heavy (non-hydrogen) atoms. The van der Waals surface area contributed by atoms with E-state index >= 15 is 0 Å². The Morgan fingerprint density at radius 1 is 1.15 bits per heavy atom. The van der Waals surface area contributed by atoms with Crippen LogP contribution in [0.4, 0.5) is 0 Å². The fourth-order valence-corrected chi connectivity index (χ4v) is 4.60. The topological polar surface area (TPSA) is 29.4 Å². The number of nitrogens with zero attached hydrogens (tertiary/aromatic N) is 1. The van der Waals surface area contributed by atoms with Crippen molar-refractivity contribution in [3.8, 4) is 0 Å². The number of isocyanates is 1. The highest BCUT2D eigenvalue weighted by atomic mass is 79.9. The molecule has 3 heteroatoms. The van der Waals surface area contributed by atoms with Crippen molar-refractivity contribution in [1.82, 2.24) is 0 Å². The number of hydrogen-bond acceptors (Lipinski definition) is 2. The molecule has 2 fully saturated rings. The predicted molar refractivity (Wildman–Crippen MR) is 83.6 cm³/mol. The highest BCUT2D eigenvalue weighted by molar-refractivity contribution is 9.10. The Morgan fingerprint density at radius 2 is 1.85 bits per heavy atom. The first-order valence-electron chi connectivity index (χ1n) is 7.64. The fourth-order valence-electron chi connectivity index (χ4n) is 3.90. The van der Waals surface area contributed by atoms with E-state index < -0.39 is 0 Å². The highest BCUT2D eigenvalue weighted by Gasteiger charge is 2.36. The van der Waals surface area contributed by atoms with Gasteiger partial charge in [-0.3, -0.25) is 0 Å². The molecule has 0 radical (unpaired) electrons. The molecule has 0 amide bonds. The van der Waals surface area contributed by atoms with Crippen LogP contribution in [0.2, 0.25) is 0 Å². The number of rotatable bonds is 3. The predicted octanol–water partition coefficient (Wildman–Crippen LogP) is 5.21. The van der Waals surface area contributed by atoms with Gasteiger partial charge in [0, 0.05) is 4.47 Å². The molecule has 0 atom stereocenters. The molecule has 2 nitrogen and oxygen atoms in total. The molecule has 0 aromatic heterocycles. The van der Waals surface area contributed by atoms with Gasteiger partial charge in [0.05, 0.1) is 5.54 Å². The zero-order chi connectivity index (χ0) is 14.0. The number of benzene rings is 1. The monoisotopic (exact) mass is 333 g/mol. The molecule has 3 rings (SSSR count). The van der Waals surface area contributed by atoms with Crippen molar-refractivity contribution < 1.29 is 4.79 Å². The number of aliphatic imine (C=N–C) groups is 1. The molecular formula is C17H20BrNO. The van der Waals surface area contributed by atoms with Gasteiger partial charge in [-0.1, -0.05) is 53.7 Å². The summed E-state index contributed by atoms with van der Waals surface area (Å²) < 4.78 is 1.19. The van der Waals surface area contributed by atoms with Crippen LogP contribution in [-0.2, 0) is 10.3 Å². The SMILES string of the molecule is O=C=NC1(c2ccc(C3CCCC3)c(Br)c2)CCCC1. The van der Waals surface area contributed by atoms with Crippen LogP contribution in [0.25, 0.3) is 0 Å². The van der Waals surface area contributed by atoms with Gasteiger partial charge in [0.15, 0.2) is 0 Å². The van der Waals surface area contributed by atoms with E-state index in [0.29, 0.717) is 5.92 Å². The molecule has 0 spiro atoms. The highest BCUT2D eigenvalue weighted by Crippen LogP contribution is 2.45. The number of hydrogen-bond donors (Lipinski definition) is 0. The van der Waals surface area contributed by atoms with E-state index in [-0.39, 0.29) is 5.54 Å². The first-order chi connectivity index (χ1) is 9.75. The van der Waals surface area contributed by atoms with Crippen LogP contribution in [-0.4, -0.2) is 6.08 Å². The Balaban J connectivity index is 1.94. The smallest absolute Gasteiger partial charge is 0.211 e. The summed E-state index contributed by atoms with van der Waals surface area (Å²) in [5.74, 6) is 0.701. The molecule has 2 saturated carbocycles. The van der Waals surface area contributed by atoms with E-state index in [0.717, 1.165) is 25.7 Å². The summed E-state index contributed by atoms with van der Waals surface area (Å²) in [4.78, 5) is 15.0. The molecule has 106 valence electrons. The summed E-state index contributed by atoms with van der Waals surface area (Å²) >= 11 is 3.74. The maximum atomic E-state index is 10.8. The summed E-state index contributed by atoms with van der Waals surface area (Å²) in [6.45, 7) is 0. The van der Waals surface area contributed by atoms with E-state index in [2.05, 4.69) is 39.1 Å². The minimum Gasteiger partial charge on any atom is -0.211 e. The van der Waals surface area contributed by atoms with Crippen molar-refractivity contribution in [1.29, 1.82) is 0 Å². The number of halogens is 1. The van der Waals surface area contributed by atoms with Gasteiger partial charge in [-0.15, -0.1) is 0 Å². The molecule has 0 saturated heterocycles. The van der Waals surface area contributed by atoms with E-state index in [1.54, 1.807) is 6.08 Å². The van der Waals surface area contributed by atoms with Gasteiger partial charge in [0.2, 0.25) is 6.08 Å². The Hall–Kier alpha value is -0.920. The van der Waals surface area contributed by atoms with Crippen LogP contribution in [0.3, 0.4) is 0 Å². The van der Waals surface area contributed by atoms with Gasteiger partial charge < -0.3 is 0 Å². The molecule has 2 aliphatic carbocycles. The molecule has 1 aromatic carbocycles. The third-order valence-corrected chi connectivity index (χ3v) is 5.71. The summed E-state index contributed by atoms with van der Waals surface area (Å²) in [6, 6.07) is 6.63. The lowest BCUT2D eigenvalue weighted by Crippen LogP contribution is -2.19. The molecule has 1 aromatic rings. The van der Waals surface area contributed by atoms with Crippen LogP contribution in [0.15, 0.2) is 27.7 Å². The second-order valence-electron chi connectivity index (χ2n) is 6.16. The lowest BCUT2D eigenvalue weighted by atomic mass is 9.87. The third-order valence-electron chi connectivity index (χ3n) is 5.02. The zero-order valence-electron chi connectivity index (χ0n) is 11.7. The average Bonchev–Trinajstić information content (AvgIpc) is 3.10. The minimum atomic E-state index is -0.307. The third kappa shape index (κ3) is 2.49. The van der Waals surface area contributed by atoms with Gasteiger partial charge in [0.25, 0.3) is 0 Å². The molecular weight excluding hydrogens is 314 g/mol. The molecule has 0 N–H and O–H groups in total. The van der Waals surface area contributed by atoms with Gasteiger partial charge in [0.1, 0.15) is 0 Å². The van der Waals surface area contributed by atoms with Crippen LogP contribution in [0.5, 0.6) is 0 Å². The second kappa shape index (κ2) is 5.83. The molecule has 0 heterocycles. The zero-order valence-corrected chi connectivity index (χ0v) is 13.3. The van der Waals surface area contributed by atoms with E-state index in [1.165, 1.54) is 41.3 Å². The molecule has 0 unspecified atom stereocenters. The number of carbonyl (C=O) groups excluding carboxylic acids is 1. The summed E-state index contributed by atoms with van der Waals surface area (Å²) in [5.41, 5.74) is 2.29. The maximum absolute atomic E-state index is 10.8. The Kier molecular flexibility index (Phi) is 4.09.